The normalized spacial score (nSPS) is 14.6. The van der Waals surface area contributed by atoms with Gasteiger partial charge in [-0.1, -0.05) is 25.0 Å². The number of ether oxygens (including phenoxy) is 1. The first-order valence-corrected chi connectivity index (χ1v) is 7.19. The molecule has 0 unspecified atom stereocenters. The largest absolute Gasteiger partial charge is 0.455 e. The number of anilines is 1. The molecule has 2 rings (SSSR count). The standard InChI is InChI=1S/C15H18N2O5/c1-10-5-4-8-12(17(20)21)14(10)16-13(18)9-22-15(19)11-6-2-3-7-11/h4-5,8,11H,2-3,6-7,9H2,1H3,(H,16,18). The molecule has 1 saturated carbocycles. The second kappa shape index (κ2) is 7.02. The highest BCUT2D eigenvalue weighted by Gasteiger charge is 2.25. The summed E-state index contributed by atoms with van der Waals surface area (Å²) in [5.74, 6) is -1.07. The van der Waals surface area contributed by atoms with Crippen molar-refractivity contribution in [3.8, 4) is 0 Å². The summed E-state index contributed by atoms with van der Waals surface area (Å²) in [5.41, 5.74) is 0.523. The molecular weight excluding hydrogens is 288 g/mol. The highest BCUT2D eigenvalue weighted by Crippen LogP contribution is 2.28. The molecule has 7 heteroatoms. The first-order chi connectivity index (χ1) is 10.5. The smallest absolute Gasteiger partial charge is 0.309 e. The van der Waals surface area contributed by atoms with Gasteiger partial charge in [0.05, 0.1) is 10.8 Å². The van der Waals surface area contributed by atoms with Crippen LogP contribution >= 0.6 is 0 Å². The number of hydrogen-bond donors (Lipinski definition) is 1. The predicted octanol–water partition coefficient (Wildman–Crippen LogP) is 2.58. The summed E-state index contributed by atoms with van der Waals surface area (Å²) in [6, 6.07) is 4.52. The van der Waals surface area contributed by atoms with E-state index in [1.54, 1.807) is 19.1 Å². The Labute approximate surface area is 127 Å². The minimum absolute atomic E-state index is 0.124. The Balaban J connectivity index is 1.95. The third kappa shape index (κ3) is 3.81. The lowest BCUT2D eigenvalue weighted by molar-refractivity contribution is -0.384. The Hall–Kier alpha value is -2.44. The van der Waals surface area contributed by atoms with E-state index >= 15 is 0 Å². The summed E-state index contributed by atoms with van der Waals surface area (Å²) in [6.07, 6.45) is 3.59. The number of aryl methyl sites for hydroxylation is 1. The fourth-order valence-corrected chi connectivity index (χ4v) is 2.56. The van der Waals surface area contributed by atoms with Crippen LogP contribution in [0, 0.1) is 23.0 Å². The summed E-state index contributed by atoms with van der Waals surface area (Å²) in [5, 5.41) is 13.4. The molecule has 1 N–H and O–H groups in total. The lowest BCUT2D eigenvalue weighted by Crippen LogP contribution is -2.24. The van der Waals surface area contributed by atoms with Gasteiger partial charge in [0.15, 0.2) is 6.61 Å². The van der Waals surface area contributed by atoms with Gasteiger partial charge in [-0.05, 0) is 25.3 Å². The number of nitro benzene ring substituents is 1. The Bertz CT molecular complexity index is 594. The van der Waals surface area contributed by atoms with E-state index in [0.717, 1.165) is 25.7 Å². The van der Waals surface area contributed by atoms with E-state index in [4.69, 9.17) is 4.74 Å². The zero-order valence-corrected chi connectivity index (χ0v) is 12.3. The Kier molecular flexibility index (Phi) is 5.08. The van der Waals surface area contributed by atoms with Crippen molar-refractivity contribution in [3.05, 3.63) is 33.9 Å². The van der Waals surface area contributed by atoms with Crippen molar-refractivity contribution >= 4 is 23.3 Å². The minimum Gasteiger partial charge on any atom is -0.455 e. The number of carbonyl (C=O) groups excluding carboxylic acids is 2. The van der Waals surface area contributed by atoms with Crippen molar-refractivity contribution in [3.63, 3.8) is 0 Å². The second-order valence-corrected chi connectivity index (χ2v) is 5.36. The van der Waals surface area contributed by atoms with E-state index in [2.05, 4.69) is 5.32 Å². The van der Waals surface area contributed by atoms with Crippen molar-refractivity contribution in [2.75, 3.05) is 11.9 Å². The van der Waals surface area contributed by atoms with Crippen LogP contribution in [0.15, 0.2) is 18.2 Å². The molecule has 1 amide bonds. The van der Waals surface area contributed by atoms with Gasteiger partial charge in [0.2, 0.25) is 0 Å². The summed E-state index contributed by atoms with van der Waals surface area (Å²) in [7, 11) is 0. The van der Waals surface area contributed by atoms with E-state index in [1.165, 1.54) is 6.07 Å². The summed E-state index contributed by atoms with van der Waals surface area (Å²) >= 11 is 0. The first kappa shape index (κ1) is 15.9. The van der Waals surface area contributed by atoms with Crippen LogP contribution in [0.5, 0.6) is 0 Å². The molecule has 1 aliphatic rings. The first-order valence-electron chi connectivity index (χ1n) is 7.19. The van der Waals surface area contributed by atoms with Crippen LogP contribution in [0.3, 0.4) is 0 Å². The predicted molar refractivity (Wildman–Crippen MR) is 79.4 cm³/mol. The molecule has 1 aromatic rings. The van der Waals surface area contributed by atoms with Crippen LogP contribution in [0.25, 0.3) is 0 Å². The molecule has 0 heterocycles. The van der Waals surface area contributed by atoms with Crippen molar-refractivity contribution in [2.45, 2.75) is 32.6 Å². The topological polar surface area (TPSA) is 98.5 Å². The number of nitrogens with zero attached hydrogens (tertiary/aromatic N) is 1. The number of amides is 1. The van der Waals surface area contributed by atoms with E-state index in [1.807, 2.05) is 0 Å². The number of para-hydroxylation sites is 1. The van der Waals surface area contributed by atoms with Gasteiger partial charge in [0, 0.05) is 6.07 Å². The van der Waals surface area contributed by atoms with Crippen LogP contribution in [0.1, 0.15) is 31.2 Å². The van der Waals surface area contributed by atoms with Crippen LogP contribution in [0.4, 0.5) is 11.4 Å². The zero-order valence-electron chi connectivity index (χ0n) is 12.3. The molecule has 0 aliphatic heterocycles. The maximum Gasteiger partial charge on any atom is 0.309 e. The van der Waals surface area contributed by atoms with Crippen LogP contribution in [-0.2, 0) is 14.3 Å². The molecule has 22 heavy (non-hydrogen) atoms. The molecule has 0 spiro atoms. The average molecular weight is 306 g/mol. The van der Waals surface area contributed by atoms with Gasteiger partial charge in [0.1, 0.15) is 5.69 Å². The van der Waals surface area contributed by atoms with E-state index in [-0.39, 0.29) is 23.3 Å². The SMILES string of the molecule is Cc1cccc([N+](=O)[O-])c1NC(=O)COC(=O)C1CCCC1. The van der Waals surface area contributed by atoms with Crippen LogP contribution in [-0.4, -0.2) is 23.4 Å². The molecule has 1 aliphatic carbocycles. The fourth-order valence-electron chi connectivity index (χ4n) is 2.56. The molecule has 0 atom stereocenters. The van der Waals surface area contributed by atoms with Crippen molar-refractivity contribution in [1.29, 1.82) is 0 Å². The Morgan fingerprint density at radius 2 is 2.05 bits per heavy atom. The number of nitrogens with one attached hydrogen (secondary N) is 1. The summed E-state index contributed by atoms with van der Waals surface area (Å²) in [6.45, 7) is 1.23. The van der Waals surface area contributed by atoms with Gasteiger partial charge in [-0.3, -0.25) is 19.7 Å². The van der Waals surface area contributed by atoms with Gasteiger partial charge < -0.3 is 10.1 Å². The van der Waals surface area contributed by atoms with Crippen molar-refractivity contribution in [1.82, 2.24) is 0 Å². The monoisotopic (exact) mass is 306 g/mol. The lowest BCUT2D eigenvalue weighted by Gasteiger charge is -2.11. The van der Waals surface area contributed by atoms with Gasteiger partial charge in [-0.2, -0.15) is 0 Å². The van der Waals surface area contributed by atoms with Gasteiger partial charge >= 0.3 is 5.97 Å². The van der Waals surface area contributed by atoms with Gasteiger partial charge in [-0.25, -0.2) is 0 Å². The lowest BCUT2D eigenvalue weighted by atomic mass is 10.1. The van der Waals surface area contributed by atoms with Crippen molar-refractivity contribution in [2.24, 2.45) is 5.92 Å². The van der Waals surface area contributed by atoms with Crippen LogP contribution in [0.2, 0.25) is 0 Å². The highest BCUT2D eigenvalue weighted by molar-refractivity contribution is 5.95. The molecule has 1 fully saturated rings. The second-order valence-electron chi connectivity index (χ2n) is 5.36. The van der Waals surface area contributed by atoms with Crippen LogP contribution < -0.4 is 5.32 Å². The molecule has 0 radical (unpaired) electrons. The molecule has 0 saturated heterocycles. The number of nitro groups is 1. The maximum atomic E-state index is 11.8. The maximum absolute atomic E-state index is 11.8. The number of benzene rings is 1. The zero-order chi connectivity index (χ0) is 16.1. The highest BCUT2D eigenvalue weighted by atomic mass is 16.6. The number of esters is 1. The Morgan fingerprint density at radius 3 is 2.68 bits per heavy atom. The third-order valence-electron chi connectivity index (χ3n) is 3.75. The number of carbonyl (C=O) groups is 2. The quantitative estimate of drug-likeness (QED) is 0.512. The molecule has 118 valence electrons. The average Bonchev–Trinajstić information content (AvgIpc) is 3.01. The van der Waals surface area contributed by atoms with E-state index in [0.29, 0.717) is 5.56 Å². The number of hydrogen-bond acceptors (Lipinski definition) is 5. The molecule has 0 bridgehead atoms. The molecule has 1 aromatic carbocycles. The summed E-state index contributed by atoms with van der Waals surface area (Å²) < 4.78 is 4.98. The minimum atomic E-state index is -0.580. The fraction of sp³-hybridized carbons (Fsp3) is 0.467. The Morgan fingerprint density at radius 1 is 1.36 bits per heavy atom. The summed E-state index contributed by atoms with van der Waals surface area (Å²) in [4.78, 5) is 34.0. The van der Waals surface area contributed by atoms with Gasteiger partial charge in [0.25, 0.3) is 11.6 Å². The third-order valence-corrected chi connectivity index (χ3v) is 3.75. The van der Waals surface area contributed by atoms with Crippen molar-refractivity contribution < 1.29 is 19.2 Å². The van der Waals surface area contributed by atoms with Gasteiger partial charge in [-0.15, -0.1) is 0 Å². The molecule has 7 nitrogen and oxygen atoms in total. The van der Waals surface area contributed by atoms with E-state index < -0.39 is 17.4 Å². The van der Waals surface area contributed by atoms with E-state index in [9.17, 15) is 19.7 Å². The molecular formula is C15H18N2O5. The molecule has 0 aromatic heterocycles. The number of rotatable bonds is 5.